The molecular weight excluding hydrogens is 319 g/mol. The first-order chi connectivity index (χ1) is 11.7. The van der Waals surface area contributed by atoms with Crippen LogP contribution in [0.1, 0.15) is 58.8 Å². The molecule has 25 heavy (non-hydrogen) atoms. The lowest BCUT2D eigenvalue weighted by molar-refractivity contribution is -0.163. The van der Waals surface area contributed by atoms with Gasteiger partial charge in [0.1, 0.15) is 0 Å². The zero-order chi connectivity index (χ0) is 18.2. The Kier molecular flexibility index (Phi) is 3.71. The zero-order valence-electron chi connectivity index (χ0n) is 15.2. The number of rotatable bonds is 0. The van der Waals surface area contributed by atoms with Crippen LogP contribution in [-0.2, 0) is 4.79 Å². The SMILES string of the molecule is C#C[C@]1(O)[C@H](O)C[C@H]2[C@@H]3CCC4[C@@H](F)C(=O)CC[C@]4(C)[C@H]3CC[C@@]21C. The molecule has 0 amide bonds. The van der Waals surface area contributed by atoms with Crippen molar-refractivity contribution in [1.29, 1.82) is 0 Å². The highest BCUT2D eigenvalue weighted by Gasteiger charge is 2.68. The van der Waals surface area contributed by atoms with Crippen molar-refractivity contribution in [3.05, 3.63) is 0 Å². The highest BCUT2D eigenvalue weighted by atomic mass is 19.1. The molecule has 0 aromatic carbocycles. The van der Waals surface area contributed by atoms with Gasteiger partial charge in [0, 0.05) is 17.8 Å². The number of terminal acetylenes is 1. The molecule has 3 nitrogen and oxygen atoms in total. The van der Waals surface area contributed by atoms with Crippen molar-refractivity contribution in [2.45, 2.75) is 76.7 Å². The van der Waals surface area contributed by atoms with Crippen molar-refractivity contribution >= 4 is 5.78 Å². The van der Waals surface area contributed by atoms with E-state index in [-0.39, 0.29) is 23.0 Å². The van der Waals surface area contributed by atoms with Gasteiger partial charge in [-0.2, -0.15) is 0 Å². The van der Waals surface area contributed by atoms with Crippen LogP contribution in [0.15, 0.2) is 0 Å². The van der Waals surface area contributed by atoms with E-state index < -0.39 is 23.3 Å². The predicted molar refractivity (Wildman–Crippen MR) is 92.2 cm³/mol. The topological polar surface area (TPSA) is 57.5 Å². The van der Waals surface area contributed by atoms with E-state index in [1.54, 1.807) is 0 Å². The summed E-state index contributed by atoms with van der Waals surface area (Å²) >= 11 is 0. The second-order valence-corrected chi connectivity index (χ2v) is 9.55. The first-order valence-corrected chi connectivity index (χ1v) is 9.74. The van der Waals surface area contributed by atoms with Crippen LogP contribution in [0, 0.1) is 46.8 Å². The van der Waals surface area contributed by atoms with Crippen molar-refractivity contribution in [3.8, 4) is 12.3 Å². The first-order valence-electron chi connectivity index (χ1n) is 9.74. The molecule has 0 aromatic heterocycles. The number of hydrogen-bond acceptors (Lipinski definition) is 3. The van der Waals surface area contributed by atoms with E-state index >= 15 is 0 Å². The number of carbonyl (C=O) groups excluding carboxylic acids is 1. The van der Waals surface area contributed by atoms with Crippen LogP contribution in [0.3, 0.4) is 0 Å². The van der Waals surface area contributed by atoms with Crippen LogP contribution in [-0.4, -0.2) is 33.9 Å². The van der Waals surface area contributed by atoms with Crippen LogP contribution in [0.5, 0.6) is 0 Å². The van der Waals surface area contributed by atoms with Gasteiger partial charge in [0.15, 0.2) is 17.6 Å². The first kappa shape index (κ1) is 17.5. The minimum atomic E-state index is -1.47. The summed E-state index contributed by atoms with van der Waals surface area (Å²) in [6.07, 6.45) is 8.30. The average molecular weight is 348 g/mol. The number of halogens is 1. The minimum absolute atomic E-state index is 0.153. The van der Waals surface area contributed by atoms with Gasteiger partial charge in [-0.3, -0.25) is 4.79 Å². The Hall–Kier alpha value is -0.920. The molecule has 4 aliphatic rings. The zero-order valence-corrected chi connectivity index (χ0v) is 15.2. The number of carbonyl (C=O) groups is 1. The van der Waals surface area contributed by atoms with Gasteiger partial charge in [-0.15, -0.1) is 6.42 Å². The lowest BCUT2D eigenvalue weighted by Crippen LogP contribution is -2.59. The van der Waals surface area contributed by atoms with Crippen molar-refractivity contribution in [3.63, 3.8) is 0 Å². The largest absolute Gasteiger partial charge is 0.389 e. The molecule has 4 aliphatic carbocycles. The maximum Gasteiger partial charge on any atom is 0.167 e. The number of hydrogen-bond donors (Lipinski definition) is 2. The van der Waals surface area contributed by atoms with E-state index in [0.717, 1.165) is 32.1 Å². The van der Waals surface area contributed by atoms with E-state index in [4.69, 9.17) is 6.42 Å². The lowest BCUT2D eigenvalue weighted by atomic mass is 9.44. The Bertz CT molecular complexity index is 642. The van der Waals surface area contributed by atoms with Gasteiger partial charge in [0.25, 0.3) is 0 Å². The molecule has 0 spiro atoms. The van der Waals surface area contributed by atoms with Gasteiger partial charge in [0.2, 0.25) is 0 Å². The quantitative estimate of drug-likeness (QED) is 0.662. The molecule has 0 radical (unpaired) electrons. The lowest BCUT2D eigenvalue weighted by Gasteiger charge is -2.60. The van der Waals surface area contributed by atoms with Gasteiger partial charge in [-0.25, -0.2) is 4.39 Å². The average Bonchev–Trinajstić information content (AvgIpc) is 2.79. The molecule has 4 rings (SSSR count). The van der Waals surface area contributed by atoms with Gasteiger partial charge in [0.05, 0.1) is 6.10 Å². The van der Waals surface area contributed by atoms with Crippen LogP contribution in [0.25, 0.3) is 0 Å². The third-order valence-corrected chi connectivity index (χ3v) is 8.95. The standard InChI is InChI=1S/C21H29FO3/c1-4-21(25)17(24)11-15-12-5-6-14-18(22)16(23)8-9-19(14,2)13(12)7-10-20(15,21)3/h1,12-15,17-18,24-25H,5-11H2,2-3H3/t12-,13+,14?,15+,17-,18-,19-,20+,21+/m1/s1. The Balaban J connectivity index is 1.69. The van der Waals surface area contributed by atoms with Crippen LogP contribution >= 0.6 is 0 Å². The molecule has 4 saturated carbocycles. The normalized spacial score (nSPS) is 58.0. The Morgan fingerprint density at radius 3 is 2.56 bits per heavy atom. The van der Waals surface area contributed by atoms with Crippen molar-refractivity contribution in [2.24, 2.45) is 34.5 Å². The minimum Gasteiger partial charge on any atom is -0.389 e. The van der Waals surface area contributed by atoms with Crippen molar-refractivity contribution < 1.29 is 19.4 Å². The maximum absolute atomic E-state index is 14.6. The summed E-state index contributed by atoms with van der Waals surface area (Å²) in [5, 5.41) is 21.5. The number of alkyl halides is 1. The fraction of sp³-hybridized carbons (Fsp3) is 0.857. The van der Waals surface area contributed by atoms with E-state index in [0.29, 0.717) is 24.7 Å². The number of Topliss-reactive ketones (excluding diaryl/α,β-unsaturated/α-hetero) is 1. The van der Waals surface area contributed by atoms with Gasteiger partial charge in [-0.05, 0) is 61.7 Å². The van der Waals surface area contributed by atoms with Gasteiger partial charge < -0.3 is 10.2 Å². The third kappa shape index (κ3) is 1.97. The third-order valence-electron chi connectivity index (χ3n) is 8.95. The fourth-order valence-electron chi connectivity index (χ4n) is 7.37. The summed E-state index contributed by atoms with van der Waals surface area (Å²) in [5.41, 5.74) is -2.10. The maximum atomic E-state index is 14.6. The number of aliphatic hydroxyl groups excluding tert-OH is 1. The van der Waals surface area contributed by atoms with Crippen LogP contribution in [0.2, 0.25) is 0 Å². The number of aliphatic hydroxyl groups is 2. The van der Waals surface area contributed by atoms with E-state index in [9.17, 15) is 19.4 Å². The molecule has 0 aromatic rings. The van der Waals surface area contributed by atoms with Crippen molar-refractivity contribution in [1.82, 2.24) is 0 Å². The Morgan fingerprint density at radius 1 is 1.16 bits per heavy atom. The van der Waals surface area contributed by atoms with Crippen LogP contribution in [0.4, 0.5) is 4.39 Å². The summed E-state index contributed by atoms with van der Waals surface area (Å²) in [5.74, 6) is 2.97. The smallest absolute Gasteiger partial charge is 0.167 e. The van der Waals surface area contributed by atoms with E-state index in [1.165, 1.54) is 0 Å². The molecule has 0 aliphatic heterocycles. The predicted octanol–water partition coefficient (Wildman–Crippen LogP) is 2.88. The van der Waals surface area contributed by atoms with Gasteiger partial charge >= 0.3 is 0 Å². The van der Waals surface area contributed by atoms with E-state index in [2.05, 4.69) is 12.8 Å². The monoisotopic (exact) mass is 348 g/mol. The van der Waals surface area contributed by atoms with Gasteiger partial charge in [-0.1, -0.05) is 19.8 Å². The fourth-order valence-corrected chi connectivity index (χ4v) is 7.37. The Morgan fingerprint density at radius 2 is 1.88 bits per heavy atom. The molecule has 4 fully saturated rings. The molecule has 4 heteroatoms. The van der Waals surface area contributed by atoms with Crippen molar-refractivity contribution in [2.75, 3.05) is 0 Å². The number of fused-ring (bicyclic) bond motifs is 5. The Labute approximate surface area is 149 Å². The molecule has 0 heterocycles. The summed E-state index contributed by atoms with van der Waals surface area (Å²) in [6, 6.07) is 0. The molecule has 1 unspecified atom stereocenters. The highest BCUT2D eigenvalue weighted by molar-refractivity contribution is 5.84. The molecule has 0 saturated heterocycles. The second kappa shape index (κ2) is 5.30. The molecule has 9 atom stereocenters. The molecule has 138 valence electrons. The highest BCUT2D eigenvalue weighted by Crippen LogP contribution is 2.68. The number of ketones is 1. The molecule has 0 bridgehead atoms. The van der Waals surface area contributed by atoms with Crippen LogP contribution < -0.4 is 0 Å². The molecular formula is C21H29FO3. The second-order valence-electron chi connectivity index (χ2n) is 9.55. The summed E-state index contributed by atoms with van der Waals surface area (Å²) in [6.45, 7) is 4.20. The summed E-state index contributed by atoms with van der Waals surface area (Å²) < 4.78 is 14.6. The molecule has 2 N–H and O–H groups in total. The van der Waals surface area contributed by atoms with E-state index in [1.807, 2.05) is 6.92 Å². The summed E-state index contributed by atoms with van der Waals surface area (Å²) in [4.78, 5) is 11.9. The summed E-state index contributed by atoms with van der Waals surface area (Å²) in [7, 11) is 0.